The molecule has 1 aromatic heterocycles. The standard InChI is InChI=1S/C13H12.C8H16N2OS.C7H9N3OS/c1-3-7-12(8-4-1)11-13-9-5-2-6-10-13;1-7-4-3-5-10(7)8(11)6-9-12-2;8-7(9)6-1-5(3-12-6)2-10-4-11/h1-10H,11H2;7,9H,3-6H2,1-2H3;1,3-4H,2H2,(H3,8,9)(H,10,11). The van der Waals surface area contributed by atoms with Crippen LogP contribution in [0.5, 0.6) is 0 Å². The van der Waals surface area contributed by atoms with Crippen molar-refractivity contribution in [1.82, 2.24) is 14.9 Å². The lowest BCUT2D eigenvalue weighted by molar-refractivity contribution is -0.130. The van der Waals surface area contributed by atoms with E-state index in [-0.39, 0.29) is 11.7 Å². The molecule has 0 saturated carbocycles. The second-order valence-corrected chi connectivity index (χ2v) is 10.1. The van der Waals surface area contributed by atoms with Crippen LogP contribution in [-0.2, 0) is 22.6 Å². The van der Waals surface area contributed by atoms with Gasteiger partial charge in [0.25, 0.3) is 0 Å². The molecule has 2 amide bonds. The summed E-state index contributed by atoms with van der Waals surface area (Å²) in [6, 6.07) is 23.3. The fourth-order valence-electron chi connectivity index (χ4n) is 3.74. The van der Waals surface area contributed by atoms with Crippen molar-refractivity contribution in [2.24, 2.45) is 5.73 Å². The van der Waals surface area contributed by atoms with Crippen LogP contribution in [0.4, 0.5) is 0 Å². The summed E-state index contributed by atoms with van der Waals surface area (Å²) in [7, 11) is 0. The molecule has 0 radical (unpaired) electrons. The molecule has 0 spiro atoms. The molecule has 0 bridgehead atoms. The van der Waals surface area contributed by atoms with E-state index < -0.39 is 0 Å². The summed E-state index contributed by atoms with van der Waals surface area (Å²) in [5, 5.41) is 11.5. The van der Waals surface area contributed by atoms with Gasteiger partial charge in [-0.3, -0.25) is 19.7 Å². The maximum Gasteiger partial charge on any atom is 0.237 e. The second kappa shape index (κ2) is 17.3. The molecule has 1 atom stereocenters. The van der Waals surface area contributed by atoms with Crippen LogP contribution < -0.4 is 15.8 Å². The molecule has 9 heteroatoms. The third kappa shape index (κ3) is 11.6. The number of nitrogens with one attached hydrogen (secondary N) is 3. The van der Waals surface area contributed by atoms with Crippen LogP contribution in [0.1, 0.15) is 41.3 Å². The highest BCUT2D eigenvalue weighted by Crippen LogP contribution is 2.16. The normalized spacial score (nSPS) is 14.0. The zero-order valence-corrected chi connectivity index (χ0v) is 23.1. The average molecular weight is 540 g/mol. The molecule has 7 nitrogen and oxygen atoms in total. The first kappa shape index (κ1) is 30.1. The van der Waals surface area contributed by atoms with Crippen molar-refractivity contribution in [2.75, 3.05) is 19.3 Å². The molecule has 0 aliphatic carbocycles. The van der Waals surface area contributed by atoms with Gasteiger partial charge in [-0.15, -0.1) is 11.3 Å². The Bertz CT molecular complexity index is 1040. The Balaban J connectivity index is 0.000000195. The number of benzene rings is 2. The van der Waals surface area contributed by atoms with Crippen LogP contribution in [0, 0.1) is 5.41 Å². The molecule has 2 aromatic carbocycles. The average Bonchev–Trinajstić information content (AvgIpc) is 3.57. The molecule has 198 valence electrons. The molecule has 4 rings (SSSR count). The van der Waals surface area contributed by atoms with Gasteiger partial charge in [0, 0.05) is 19.1 Å². The number of nitrogens with zero attached hydrogens (tertiary/aromatic N) is 1. The number of thiophene rings is 1. The molecule has 1 fully saturated rings. The molecule has 2 heterocycles. The highest BCUT2D eigenvalue weighted by molar-refractivity contribution is 7.96. The van der Waals surface area contributed by atoms with Gasteiger partial charge in [-0.1, -0.05) is 72.6 Å². The van der Waals surface area contributed by atoms with E-state index in [1.165, 1.54) is 34.4 Å². The number of amides is 2. The number of carbonyl (C=O) groups excluding carboxylic acids is 2. The van der Waals surface area contributed by atoms with Crippen molar-refractivity contribution in [3.8, 4) is 0 Å². The maximum absolute atomic E-state index is 11.5. The van der Waals surface area contributed by atoms with E-state index in [9.17, 15) is 9.59 Å². The molecule has 1 saturated heterocycles. The van der Waals surface area contributed by atoms with Gasteiger partial charge in [0.15, 0.2) is 0 Å². The third-order valence-electron chi connectivity index (χ3n) is 5.64. The summed E-state index contributed by atoms with van der Waals surface area (Å²) in [6.45, 7) is 4.01. The van der Waals surface area contributed by atoms with Crippen molar-refractivity contribution < 1.29 is 9.59 Å². The van der Waals surface area contributed by atoms with Gasteiger partial charge >= 0.3 is 0 Å². The van der Waals surface area contributed by atoms with Gasteiger partial charge in [0.1, 0.15) is 5.84 Å². The number of likely N-dealkylation sites (tertiary alicyclic amines) is 1. The van der Waals surface area contributed by atoms with Gasteiger partial charge in [0.05, 0.1) is 11.4 Å². The molecular weight excluding hydrogens is 502 g/mol. The number of hydrogen-bond acceptors (Lipinski definition) is 6. The molecule has 1 aliphatic heterocycles. The van der Waals surface area contributed by atoms with Crippen molar-refractivity contribution >= 4 is 41.4 Å². The highest BCUT2D eigenvalue weighted by Gasteiger charge is 2.24. The van der Waals surface area contributed by atoms with E-state index >= 15 is 0 Å². The Labute approximate surface area is 228 Å². The van der Waals surface area contributed by atoms with E-state index in [1.54, 1.807) is 6.07 Å². The zero-order valence-electron chi connectivity index (χ0n) is 21.5. The van der Waals surface area contributed by atoms with Crippen LogP contribution in [0.3, 0.4) is 0 Å². The fourth-order valence-corrected chi connectivity index (χ4v) is 4.78. The molecule has 5 N–H and O–H groups in total. The topological polar surface area (TPSA) is 111 Å². The predicted molar refractivity (Wildman–Crippen MR) is 156 cm³/mol. The van der Waals surface area contributed by atoms with Crippen molar-refractivity contribution in [3.05, 3.63) is 93.7 Å². The summed E-state index contributed by atoms with van der Waals surface area (Å²) in [6.07, 6.45) is 5.92. The molecule has 1 aliphatic rings. The first-order valence-corrected chi connectivity index (χ1v) is 14.3. The number of nitrogen functional groups attached to an aromatic ring is 1. The smallest absolute Gasteiger partial charge is 0.237 e. The fraction of sp³-hybridized carbons (Fsp3) is 0.321. The van der Waals surface area contributed by atoms with Crippen LogP contribution in [-0.4, -0.2) is 48.4 Å². The lowest BCUT2D eigenvalue weighted by Gasteiger charge is -2.21. The lowest BCUT2D eigenvalue weighted by atomic mass is 10.1. The Morgan fingerprint density at radius 1 is 1.14 bits per heavy atom. The SMILES string of the molecule is CSNCC(=O)N1CCCC1C.N=C(N)c1cc(CNC=O)cs1.c1ccc(Cc2ccccc2)cc1. The number of nitrogens with two attached hydrogens (primary N) is 1. The van der Waals surface area contributed by atoms with Crippen LogP contribution >= 0.6 is 23.3 Å². The quantitative estimate of drug-likeness (QED) is 0.139. The summed E-state index contributed by atoms with van der Waals surface area (Å²) in [5.41, 5.74) is 8.97. The van der Waals surface area contributed by atoms with Crippen molar-refractivity contribution in [3.63, 3.8) is 0 Å². The Hall–Kier alpha value is -3.14. The van der Waals surface area contributed by atoms with E-state index in [0.29, 0.717) is 25.5 Å². The van der Waals surface area contributed by atoms with E-state index in [4.69, 9.17) is 11.1 Å². The molecule has 3 aromatic rings. The van der Waals surface area contributed by atoms with Gasteiger partial charge < -0.3 is 16.0 Å². The minimum atomic E-state index is 0.0670. The van der Waals surface area contributed by atoms with Gasteiger partial charge in [0.2, 0.25) is 12.3 Å². The third-order valence-corrected chi connectivity index (χ3v) is 7.09. The van der Waals surface area contributed by atoms with Gasteiger partial charge in [-0.25, -0.2) is 0 Å². The molecular formula is C28H37N5O2S2. The first-order valence-electron chi connectivity index (χ1n) is 12.2. The lowest BCUT2D eigenvalue weighted by Crippen LogP contribution is -2.38. The monoisotopic (exact) mass is 539 g/mol. The largest absolute Gasteiger partial charge is 0.383 e. The zero-order chi connectivity index (χ0) is 26.9. The van der Waals surface area contributed by atoms with Crippen molar-refractivity contribution in [1.29, 1.82) is 5.41 Å². The Kier molecular flexibility index (Phi) is 14.1. The van der Waals surface area contributed by atoms with Gasteiger partial charge in [-0.2, -0.15) is 0 Å². The van der Waals surface area contributed by atoms with E-state index in [2.05, 4.69) is 77.6 Å². The first-order chi connectivity index (χ1) is 17.9. The molecule has 1 unspecified atom stereocenters. The number of rotatable bonds is 9. The number of amidine groups is 1. The summed E-state index contributed by atoms with van der Waals surface area (Å²) < 4.78 is 2.97. The minimum Gasteiger partial charge on any atom is -0.383 e. The van der Waals surface area contributed by atoms with E-state index in [0.717, 1.165) is 36.2 Å². The summed E-state index contributed by atoms with van der Waals surface area (Å²) in [4.78, 5) is 24.1. The summed E-state index contributed by atoms with van der Waals surface area (Å²) >= 11 is 2.90. The maximum atomic E-state index is 11.5. The molecule has 37 heavy (non-hydrogen) atoms. The van der Waals surface area contributed by atoms with Gasteiger partial charge in [-0.05, 0) is 60.6 Å². The highest BCUT2D eigenvalue weighted by atomic mass is 32.2. The summed E-state index contributed by atoms with van der Waals surface area (Å²) in [5.74, 6) is 0.298. The number of carbonyl (C=O) groups is 2. The predicted octanol–water partition coefficient (Wildman–Crippen LogP) is 4.42. The van der Waals surface area contributed by atoms with Crippen molar-refractivity contribution in [2.45, 2.75) is 38.8 Å². The van der Waals surface area contributed by atoms with Crippen LogP contribution in [0.25, 0.3) is 0 Å². The van der Waals surface area contributed by atoms with Crippen LogP contribution in [0.15, 0.2) is 72.1 Å². The Morgan fingerprint density at radius 3 is 2.22 bits per heavy atom. The Morgan fingerprint density at radius 2 is 1.76 bits per heavy atom. The number of hydrogen-bond donors (Lipinski definition) is 4. The second-order valence-electron chi connectivity index (χ2n) is 8.48. The van der Waals surface area contributed by atoms with E-state index in [1.807, 2.05) is 16.5 Å². The van der Waals surface area contributed by atoms with Crippen LogP contribution in [0.2, 0.25) is 0 Å². The minimum absolute atomic E-state index is 0.0670.